The maximum atomic E-state index is 12.3. The minimum absolute atomic E-state index is 0.0974. The van der Waals surface area contributed by atoms with E-state index in [0.29, 0.717) is 38.8 Å². The number of hydrogen-bond acceptors (Lipinski definition) is 7. The van der Waals surface area contributed by atoms with Crippen LogP contribution in [0.25, 0.3) is 0 Å². The maximum Gasteiger partial charge on any atom is 0.405 e. The first-order valence-corrected chi connectivity index (χ1v) is 6.61. The molecule has 21 heavy (non-hydrogen) atoms. The number of ether oxygens (including phenoxy) is 1. The topological polar surface area (TPSA) is 75.2 Å². The van der Waals surface area contributed by atoms with Crippen LogP contribution >= 0.6 is 0 Å². The second kappa shape index (κ2) is 6.74. The van der Waals surface area contributed by atoms with Gasteiger partial charge in [0.25, 0.3) is 0 Å². The van der Waals surface area contributed by atoms with Crippen molar-refractivity contribution in [2.75, 3.05) is 54.9 Å². The first-order valence-electron chi connectivity index (χ1n) is 6.61. The second-order valence-electron chi connectivity index (χ2n) is 4.38. The molecule has 1 fully saturated rings. The highest BCUT2D eigenvalue weighted by atomic mass is 19.4. The predicted octanol–water partition coefficient (Wildman–Crippen LogP) is 1.11. The van der Waals surface area contributed by atoms with E-state index < -0.39 is 12.7 Å². The average Bonchev–Trinajstić information content (AvgIpc) is 2.46. The van der Waals surface area contributed by atoms with Gasteiger partial charge in [0.2, 0.25) is 17.8 Å². The molecule has 1 aromatic heterocycles. The molecule has 118 valence electrons. The molecule has 1 aliphatic heterocycles. The molecule has 0 atom stereocenters. The van der Waals surface area contributed by atoms with Gasteiger partial charge in [0.15, 0.2) is 0 Å². The normalized spacial score (nSPS) is 15.9. The minimum atomic E-state index is -4.33. The number of nitrogens with zero attached hydrogens (tertiary/aromatic N) is 4. The van der Waals surface area contributed by atoms with Gasteiger partial charge in [-0.2, -0.15) is 28.1 Å². The van der Waals surface area contributed by atoms with E-state index in [4.69, 9.17) is 4.74 Å². The van der Waals surface area contributed by atoms with Gasteiger partial charge in [-0.15, -0.1) is 0 Å². The van der Waals surface area contributed by atoms with Gasteiger partial charge in [-0.3, -0.25) is 0 Å². The molecule has 2 N–H and O–H groups in total. The van der Waals surface area contributed by atoms with Crippen molar-refractivity contribution in [3.05, 3.63) is 0 Å². The van der Waals surface area contributed by atoms with Gasteiger partial charge >= 0.3 is 6.18 Å². The fourth-order valence-electron chi connectivity index (χ4n) is 1.77. The fourth-order valence-corrected chi connectivity index (χ4v) is 1.77. The largest absolute Gasteiger partial charge is 0.405 e. The summed E-state index contributed by atoms with van der Waals surface area (Å²) in [6.07, 6.45) is -4.33. The van der Waals surface area contributed by atoms with Gasteiger partial charge in [-0.05, 0) is 6.92 Å². The van der Waals surface area contributed by atoms with Crippen molar-refractivity contribution in [1.82, 2.24) is 15.0 Å². The van der Waals surface area contributed by atoms with Crippen LogP contribution in [0, 0.1) is 0 Å². The highest BCUT2D eigenvalue weighted by molar-refractivity contribution is 5.44. The van der Waals surface area contributed by atoms with E-state index >= 15 is 0 Å². The third kappa shape index (κ3) is 4.88. The monoisotopic (exact) mass is 306 g/mol. The average molecular weight is 306 g/mol. The van der Waals surface area contributed by atoms with Crippen LogP contribution in [0.4, 0.5) is 31.0 Å². The summed E-state index contributed by atoms with van der Waals surface area (Å²) >= 11 is 0. The summed E-state index contributed by atoms with van der Waals surface area (Å²) in [7, 11) is 0. The van der Waals surface area contributed by atoms with Gasteiger partial charge in [-0.25, -0.2) is 0 Å². The SMILES string of the molecule is CCNc1nc(NCC(F)(F)F)nc(N2CCOCC2)n1. The number of rotatable bonds is 5. The molecule has 0 aromatic carbocycles. The van der Waals surface area contributed by atoms with Gasteiger partial charge in [-0.1, -0.05) is 0 Å². The van der Waals surface area contributed by atoms with Crippen LogP contribution in [0.2, 0.25) is 0 Å². The van der Waals surface area contributed by atoms with Crippen LogP contribution < -0.4 is 15.5 Å². The van der Waals surface area contributed by atoms with E-state index in [1.807, 2.05) is 11.8 Å². The van der Waals surface area contributed by atoms with E-state index in [0.717, 1.165) is 0 Å². The summed E-state index contributed by atoms with van der Waals surface area (Å²) in [5.41, 5.74) is 0. The first-order chi connectivity index (χ1) is 9.98. The second-order valence-corrected chi connectivity index (χ2v) is 4.38. The Kier molecular flexibility index (Phi) is 4.99. The van der Waals surface area contributed by atoms with Crippen molar-refractivity contribution in [2.24, 2.45) is 0 Å². The zero-order valence-corrected chi connectivity index (χ0v) is 11.6. The van der Waals surface area contributed by atoms with E-state index in [-0.39, 0.29) is 11.9 Å². The lowest BCUT2D eigenvalue weighted by molar-refractivity contribution is -0.115. The van der Waals surface area contributed by atoms with Gasteiger partial charge in [0, 0.05) is 19.6 Å². The number of halogens is 3. The molecule has 1 aromatic rings. The van der Waals surface area contributed by atoms with Crippen molar-refractivity contribution in [3.8, 4) is 0 Å². The molecule has 0 saturated carbocycles. The smallest absolute Gasteiger partial charge is 0.378 e. The lowest BCUT2D eigenvalue weighted by Gasteiger charge is -2.27. The van der Waals surface area contributed by atoms with E-state index in [1.165, 1.54) is 0 Å². The van der Waals surface area contributed by atoms with E-state index in [2.05, 4.69) is 25.6 Å². The molecule has 0 radical (unpaired) electrons. The van der Waals surface area contributed by atoms with Crippen molar-refractivity contribution in [2.45, 2.75) is 13.1 Å². The number of nitrogens with one attached hydrogen (secondary N) is 2. The lowest BCUT2D eigenvalue weighted by atomic mass is 10.4. The minimum Gasteiger partial charge on any atom is -0.378 e. The van der Waals surface area contributed by atoms with Crippen molar-refractivity contribution >= 4 is 17.8 Å². The molecule has 10 heteroatoms. The highest BCUT2D eigenvalue weighted by Gasteiger charge is 2.27. The Morgan fingerprint density at radius 1 is 1.10 bits per heavy atom. The molecule has 2 heterocycles. The molecular formula is C11H17F3N6O. The van der Waals surface area contributed by atoms with Crippen LogP contribution in [0.5, 0.6) is 0 Å². The van der Waals surface area contributed by atoms with Crippen LogP contribution in [0.15, 0.2) is 0 Å². The Hall–Kier alpha value is -1.84. The van der Waals surface area contributed by atoms with Crippen LogP contribution in [0.1, 0.15) is 6.92 Å². The van der Waals surface area contributed by atoms with Gasteiger partial charge < -0.3 is 20.3 Å². The zero-order valence-electron chi connectivity index (χ0n) is 11.6. The molecular weight excluding hydrogens is 289 g/mol. The fraction of sp³-hybridized carbons (Fsp3) is 0.727. The van der Waals surface area contributed by atoms with Crippen LogP contribution in [-0.2, 0) is 4.74 Å². The molecule has 7 nitrogen and oxygen atoms in total. The van der Waals surface area contributed by atoms with E-state index in [9.17, 15) is 13.2 Å². The summed E-state index contributed by atoms with van der Waals surface area (Å²) in [4.78, 5) is 14.0. The molecule has 0 spiro atoms. The number of anilines is 3. The van der Waals surface area contributed by atoms with Gasteiger partial charge in [0.05, 0.1) is 13.2 Å². The third-order valence-electron chi connectivity index (χ3n) is 2.70. The Morgan fingerprint density at radius 3 is 2.29 bits per heavy atom. The standard InChI is InChI=1S/C11H17F3N6O/c1-2-15-8-17-9(16-7-11(12,13)14)19-10(18-8)20-3-5-21-6-4-20/h2-7H2,1H3,(H2,15,16,17,18,19). The Labute approximate surface area is 119 Å². The molecule has 0 aliphatic carbocycles. The molecule has 0 bridgehead atoms. The third-order valence-corrected chi connectivity index (χ3v) is 2.70. The Morgan fingerprint density at radius 2 is 1.71 bits per heavy atom. The predicted molar refractivity (Wildman–Crippen MR) is 71.6 cm³/mol. The summed E-state index contributed by atoms with van der Waals surface area (Å²) in [5, 5.41) is 5.06. The highest BCUT2D eigenvalue weighted by Crippen LogP contribution is 2.18. The number of alkyl halides is 3. The Bertz CT molecular complexity index is 464. The molecule has 0 amide bonds. The van der Waals surface area contributed by atoms with Crippen molar-refractivity contribution < 1.29 is 17.9 Å². The van der Waals surface area contributed by atoms with E-state index in [1.54, 1.807) is 0 Å². The summed E-state index contributed by atoms with van der Waals surface area (Å²) in [5.74, 6) is 0.493. The van der Waals surface area contributed by atoms with Crippen LogP contribution in [0.3, 0.4) is 0 Å². The number of aromatic nitrogens is 3. The maximum absolute atomic E-state index is 12.3. The zero-order chi connectivity index (χ0) is 15.3. The Balaban J connectivity index is 2.16. The summed E-state index contributed by atoms with van der Waals surface area (Å²) < 4.78 is 42.0. The van der Waals surface area contributed by atoms with Gasteiger partial charge in [0.1, 0.15) is 6.54 Å². The van der Waals surface area contributed by atoms with Crippen molar-refractivity contribution in [3.63, 3.8) is 0 Å². The summed E-state index contributed by atoms with van der Waals surface area (Å²) in [6.45, 7) is 3.47. The molecule has 0 unspecified atom stereocenters. The molecule has 1 saturated heterocycles. The van der Waals surface area contributed by atoms with Crippen LogP contribution in [-0.4, -0.2) is 60.5 Å². The van der Waals surface area contributed by atoms with Crippen molar-refractivity contribution in [1.29, 1.82) is 0 Å². The number of morpholine rings is 1. The first kappa shape index (κ1) is 15.5. The quantitative estimate of drug-likeness (QED) is 0.844. The molecule has 2 rings (SSSR count). The molecule has 1 aliphatic rings. The number of hydrogen-bond donors (Lipinski definition) is 2. The lowest BCUT2D eigenvalue weighted by Crippen LogP contribution is -2.37. The summed E-state index contributed by atoms with van der Waals surface area (Å²) in [6, 6.07) is 0.